The van der Waals surface area contributed by atoms with E-state index < -0.39 is 23.4 Å². The molecule has 6 nitrogen and oxygen atoms in total. The molecule has 1 aliphatic carbocycles. The molecule has 2 fully saturated rings. The molecule has 2 aliphatic rings. The summed E-state index contributed by atoms with van der Waals surface area (Å²) < 4.78 is 5.03. The van der Waals surface area contributed by atoms with Crippen molar-refractivity contribution in [1.82, 2.24) is 4.90 Å². The first-order valence-corrected chi connectivity index (χ1v) is 11.0. The fraction of sp³-hybridized carbons (Fsp3) is 0.440. The summed E-state index contributed by atoms with van der Waals surface area (Å²) in [6.45, 7) is 2.78. The van der Waals surface area contributed by atoms with Crippen LogP contribution in [-0.2, 0) is 19.9 Å². The van der Waals surface area contributed by atoms with E-state index >= 15 is 0 Å². The molecular weight excluding hydrogens is 392 g/mol. The Morgan fingerprint density at radius 3 is 2.16 bits per heavy atom. The van der Waals surface area contributed by atoms with Crippen molar-refractivity contribution in [3.05, 3.63) is 66.2 Å². The van der Waals surface area contributed by atoms with Crippen LogP contribution in [-0.4, -0.2) is 55.2 Å². The van der Waals surface area contributed by atoms with E-state index in [2.05, 4.69) is 17.0 Å². The largest absolute Gasteiger partial charge is 0.469 e. The summed E-state index contributed by atoms with van der Waals surface area (Å²) in [6.07, 6.45) is 1.11. The Kier molecular flexibility index (Phi) is 6.28. The number of carbonyl (C=O) groups excluding carboxylic acids is 2. The molecule has 1 aliphatic heterocycles. The van der Waals surface area contributed by atoms with Crippen molar-refractivity contribution in [2.75, 3.05) is 38.2 Å². The second-order valence-electron chi connectivity index (χ2n) is 8.52. The quantitative estimate of drug-likeness (QED) is 0.768. The number of rotatable bonds is 4. The Morgan fingerprint density at radius 1 is 0.935 bits per heavy atom. The normalized spacial score (nSPS) is 26.4. The number of hydrogen-bond acceptors (Lipinski definition) is 5. The van der Waals surface area contributed by atoms with Gasteiger partial charge in [-0.25, -0.2) is 0 Å². The van der Waals surface area contributed by atoms with E-state index in [1.165, 1.54) is 7.11 Å². The van der Waals surface area contributed by atoms with Gasteiger partial charge in [0.15, 0.2) is 0 Å². The Hall–Kier alpha value is -2.86. The number of hydrogen-bond donors (Lipinski definition) is 1. The molecule has 164 valence electrons. The fourth-order valence-corrected chi connectivity index (χ4v) is 4.97. The first-order valence-electron chi connectivity index (χ1n) is 11.0. The van der Waals surface area contributed by atoms with Crippen LogP contribution >= 0.6 is 0 Å². The van der Waals surface area contributed by atoms with Crippen LogP contribution in [0.5, 0.6) is 0 Å². The van der Waals surface area contributed by atoms with Gasteiger partial charge < -0.3 is 19.6 Å². The summed E-state index contributed by atoms with van der Waals surface area (Å²) in [7, 11) is 1.35. The van der Waals surface area contributed by atoms with Crippen LogP contribution < -0.4 is 4.90 Å². The minimum Gasteiger partial charge on any atom is -0.469 e. The molecule has 6 heteroatoms. The number of benzene rings is 2. The van der Waals surface area contributed by atoms with Gasteiger partial charge in [-0.05, 0) is 37.0 Å². The Morgan fingerprint density at radius 2 is 1.55 bits per heavy atom. The average molecular weight is 423 g/mol. The van der Waals surface area contributed by atoms with Crippen molar-refractivity contribution in [2.45, 2.75) is 24.9 Å². The molecule has 2 aromatic rings. The Labute approximate surface area is 183 Å². The van der Waals surface area contributed by atoms with Crippen LogP contribution in [0.1, 0.15) is 24.8 Å². The van der Waals surface area contributed by atoms with Gasteiger partial charge in [0.2, 0.25) is 5.91 Å². The van der Waals surface area contributed by atoms with Crippen molar-refractivity contribution in [3.8, 4) is 0 Å². The third-order valence-electron chi connectivity index (χ3n) is 6.76. The Balaban J connectivity index is 1.45. The fourth-order valence-electron chi connectivity index (χ4n) is 4.97. The maximum Gasteiger partial charge on any atom is 0.309 e. The van der Waals surface area contributed by atoms with Crippen LogP contribution in [0.4, 0.5) is 5.69 Å². The lowest BCUT2D eigenvalue weighted by molar-refractivity contribution is -0.161. The lowest BCUT2D eigenvalue weighted by Gasteiger charge is -2.43. The van der Waals surface area contributed by atoms with Gasteiger partial charge >= 0.3 is 5.97 Å². The molecule has 0 spiro atoms. The van der Waals surface area contributed by atoms with Gasteiger partial charge in [0, 0.05) is 31.9 Å². The van der Waals surface area contributed by atoms with E-state index in [-0.39, 0.29) is 12.3 Å². The maximum absolute atomic E-state index is 13.4. The van der Waals surface area contributed by atoms with Crippen LogP contribution in [0.25, 0.3) is 0 Å². The number of piperazine rings is 1. The second kappa shape index (κ2) is 9.10. The summed E-state index contributed by atoms with van der Waals surface area (Å²) in [5, 5.41) is 11.3. The number of ether oxygens (including phenoxy) is 1. The first kappa shape index (κ1) is 21.4. The molecule has 0 bridgehead atoms. The highest BCUT2D eigenvalue weighted by Gasteiger charge is 2.48. The van der Waals surface area contributed by atoms with Gasteiger partial charge in [-0.2, -0.15) is 0 Å². The molecule has 3 atom stereocenters. The summed E-state index contributed by atoms with van der Waals surface area (Å²) >= 11 is 0. The van der Waals surface area contributed by atoms with E-state index in [1.807, 2.05) is 53.4 Å². The van der Waals surface area contributed by atoms with E-state index in [0.29, 0.717) is 25.9 Å². The molecule has 4 rings (SSSR count). The third-order valence-corrected chi connectivity index (χ3v) is 6.76. The Bertz CT molecular complexity index is 896. The SMILES string of the molecule is COC(=O)C1CC(O)(c2ccccc2)CCC1C(=O)N1CCN(c2ccccc2)CC1. The highest BCUT2D eigenvalue weighted by molar-refractivity contribution is 5.86. The summed E-state index contributed by atoms with van der Waals surface area (Å²) in [5.74, 6) is -1.53. The van der Waals surface area contributed by atoms with Crippen molar-refractivity contribution < 1.29 is 19.4 Å². The number of aliphatic hydroxyl groups is 1. The lowest BCUT2D eigenvalue weighted by Crippen LogP contribution is -2.53. The third kappa shape index (κ3) is 4.44. The monoisotopic (exact) mass is 422 g/mol. The number of anilines is 1. The smallest absolute Gasteiger partial charge is 0.309 e. The topological polar surface area (TPSA) is 70.1 Å². The molecule has 3 unspecified atom stereocenters. The van der Waals surface area contributed by atoms with Gasteiger partial charge in [-0.15, -0.1) is 0 Å². The zero-order chi connectivity index (χ0) is 21.8. The van der Waals surface area contributed by atoms with E-state index in [4.69, 9.17) is 4.74 Å². The predicted molar refractivity (Wildman–Crippen MR) is 118 cm³/mol. The van der Waals surface area contributed by atoms with E-state index in [1.54, 1.807) is 0 Å². The van der Waals surface area contributed by atoms with E-state index in [9.17, 15) is 14.7 Å². The van der Waals surface area contributed by atoms with Gasteiger partial charge in [0.1, 0.15) is 0 Å². The van der Waals surface area contributed by atoms with Crippen LogP contribution in [0.15, 0.2) is 60.7 Å². The highest BCUT2D eigenvalue weighted by Crippen LogP contribution is 2.44. The number of esters is 1. The molecule has 1 saturated heterocycles. The number of amides is 1. The molecular formula is C25H30N2O4. The summed E-state index contributed by atoms with van der Waals surface area (Å²) in [6, 6.07) is 19.6. The molecule has 0 radical (unpaired) electrons. The minimum absolute atomic E-state index is 0.00165. The number of para-hydroxylation sites is 1. The van der Waals surface area contributed by atoms with Gasteiger partial charge in [-0.1, -0.05) is 48.5 Å². The average Bonchev–Trinajstić information content (AvgIpc) is 2.84. The van der Waals surface area contributed by atoms with Crippen molar-refractivity contribution in [2.24, 2.45) is 11.8 Å². The number of methoxy groups -OCH3 is 1. The number of carbonyl (C=O) groups is 2. The van der Waals surface area contributed by atoms with Crippen LogP contribution in [0.2, 0.25) is 0 Å². The molecule has 31 heavy (non-hydrogen) atoms. The predicted octanol–water partition coefficient (Wildman–Crippen LogP) is 2.81. The van der Waals surface area contributed by atoms with Crippen molar-refractivity contribution in [1.29, 1.82) is 0 Å². The molecule has 0 aromatic heterocycles. The van der Waals surface area contributed by atoms with E-state index in [0.717, 1.165) is 24.3 Å². The molecule has 1 N–H and O–H groups in total. The molecule has 2 aromatic carbocycles. The summed E-state index contributed by atoms with van der Waals surface area (Å²) in [5.41, 5.74) is 0.821. The summed E-state index contributed by atoms with van der Waals surface area (Å²) in [4.78, 5) is 30.1. The molecule has 1 heterocycles. The molecule has 1 saturated carbocycles. The van der Waals surface area contributed by atoms with Crippen LogP contribution in [0.3, 0.4) is 0 Å². The molecule has 1 amide bonds. The lowest BCUT2D eigenvalue weighted by atomic mass is 9.68. The number of nitrogens with zero attached hydrogens (tertiary/aromatic N) is 2. The highest BCUT2D eigenvalue weighted by atomic mass is 16.5. The second-order valence-corrected chi connectivity index (χ2v) is 8.52. The first-order chi connectivity index (χ1) is 15.0. The minimum atomic E-state index is -1.12. The van der Waals surface area contributed by atoms with Gasteiger partial charge in [-0.3, -0.25) is 9.59 Å². The van der Waals surface area contributed by atoms with Crippen LogP contribution in [0, 0.1) is 11.8 Å². The zero-order valence-electron chi connectivity index (χ0n) is 17.9. The zero-order valence-corrected chi connectivity index (χ0v) is 17.9. The standard InChI is InChI=1S/C25H30N2O4/c1-31-24(29)22-18-25(30,19-8-4-2-5-9-19)13-12-21(22)23(28)27-16-14-26(15-17-27)20-10-6-3-7-11-20/h2-11,21-22,30H,12-18H2,1H3. The van der Waals surface area contributed by atoms with Gasteiger partial charge in [0.25, 0.3) is 0 Å². The van der Waals surface area contributed by atoms with Crippen molar-refractivity contribution >= 4 is 17.6 Å². The van der Waals surface area contributed by atoms with Gasteiger partial charge in [0.05, 0.1) is 24.5 Å². The van der Waals surface area contributed by atoms with Crippen molar-refractivity contribution in [3.63, 3.8) is 0 Å². The maximum atomic E-state index is 13.4.